The van der Waals surface area contributed by atoms with Crippen LogP contribution < -0.4 is 5.32 Å². The predicted molar refractivity (Wildman–Crippen MR) is 75.2 cm³/mol. The largest absolute Gasteiger partial charge is 0.366 e. The van der Waals surface area contributed by atoms with Gasteiger partial charge >= 0.3 is 0 Å². The molecule has 0 bridgehead atoms. The van der Waals surface area contributed by atoms with Gasteiger partial charge in [0.05, 0.1) is 0 Å². The van der Waals surface area contributed by atoms with E-state index < -0.39 is 0 Å². The summed E-state index contributed by atoms with van der Waals surface area (Å²) in [7, 11) is 0. The Morgan fingerprint density at radius 2 is 1.83 bits per heavy atom. The molecule has 0 unspecified atom stereocenters. The summed E-state index contributed by atoms with van der Waals surface area (Å²) in [6.45, 7) is 2.70. The minimum atomic E-state index is 0.271. The van der Waals surface area contributed by atoms with Crippen LogP contribution in [0.25, 0.3) is 0 Å². The molecule has 0 radical (unpaired) electrons. The molecule has 0 saturated carbocycles. The van der Waals surface area contributed by atoms with E-state index in [9.17, 15) is 0 Å². The van der Waals surface area contributed by atoms with Gasteiger partial charge in [-0.05, 0) is 35.7 Å². The van der Waals surface area contributed by atoms with Crippen molar-refractivity contribution in [1.82, 2.24) is 9.97 Å². The second-order valence-corrected chi connectivity index (χ2v) is 4.62. The molecule has 0 saturated heterocycles. The fourth-order valence-electron chi connectivity index (χ4n) is 1.53. The maximum absolute atomic E-state index is 5.85. The van der Waals surface area contributed by atoms with Crippen molar-refractivity contribution < 1.29 is 0 Å². The smallest absolute Gasteiger partial charge is 0.224 e. The van der Waals surface area contributed by atoms with Gasteiger partial charge in [0.1, 0.15) is 5.82 Å². The molecule has 0 aliphatic rings. The average molecular weight is 282 g/mol. The van der Waals surface area contributed by atoms with Gasteiger partial charge in [-0.15, -0.1) is 0 Å². The predicted octanol–water partition coefficient (Wildman–Crippen LogP) is 3.96. The van der Waals surface area contributed by atoms with Gasteiger partial charge in [0.2, 0.25) is 5.28 Å². The molecule has 0 aliphatic carbocycles. The van der Waals surface area contributed by atoms with E-state index in [1.165, 1.54) is 0 Å². The summed E-state index contributed by atoms with van der Waals surface area (Å²) in [5, 5.41) is 4.22. The van der Waals surface area contributed by atoms with Crippen LogP contribution in [0, 0.1) is 0 Å². The van der Waals surface area contributed by atoms with Gasteiger partial charge in [-0.25, -0.2) is 9.97 Å². The van der Waals surface area contributed by atoms with Gasteiger partial charge < -0.3 is 5.32 Å². The van der Waals surface area contributed by atoms with Crippen molar-refractivity contribution in [1.29, 1.82) is 0 Å². The van der Waals surface area contributed by atoms with Crippen LogP contribution in [-0.4, -0.2) is 9.97 Å². The van der Waals surface area contributed by atoms with Crippen LogP contribution in [0.2, 0.25) is 10.3 Å². The zero-order valence-electron chi connectivity index (χ0n) is 9.95. The lowest BCUT2D eigenvalue weighted by Crippen LogP contribution is -2.03. The van der Waals surface area contributed by atoms with E-state index in [-0.39, 0.29) is 5.28 Å². The molecule has 3 nitrogen and oxygen atoms in total. The first kappa shape index (κ1) is 13.1. The third-order valence-electron chi connectivity index (χ3n) is 2.50. The number of anilines is 1. The van der Waals surface area contributed by atoms with Crippen molar-refractivity contribution in [2.45, 2.75) is 19.9 Å². The highest BCUT2D eigenvalue weighted by Crippen LogP contribution is 2.14. The van der Waals surface area contributed by atoms with Gasteiger partial charge in [-0.1, -0.05) is 30.7 Å². The Labute approximate surface area is 116 Å². The lowest BCUT2D eigenvalue weighted by Gasteiger charge is -2.07. The summed E-state index contributed by atoms with van der Waals surface area (Å²) in [5.41, 5.74) is 2.06. The number of hydrogen-bond acceptors (Lipinski definition) is 3. The summed E-state index contributed by atoms with van der Waals surface area (Å²) in [6.07, 6.45) is 0.831. The number of hydrogen-bond donors (Lipinski definition) is 1. The number of aryl methyl sites for hydroxylation is 1. The maximum Gasteiger partial charge on any atom is 0.224 e. The number of aromatic nitrogens is 2. The van der Waals surface area contributed by atoms with E-state index in [0.717, 1.165) is 28.5 Å². The van der Waals surface area contributed by atoms with E-state index in [4.69, 9.17) is 23.2 Å². The molecule has 94 valence electrons. The van der Waals surface area contributed by atoms with Crippen LogP contribution in [-0.2, 0) is 13.0 Å². The number of nitrogens with zero attached hydrogens (tertiary/aromatic N) is 2. The number of halogens is 2. The summed E-state index contributed by atoms with van der Waals surface area (Å²) >= 11 is 11.7. The van der Waals surface area contributed by atoms with Gasteiger partial charge in [0.25, 0.3) is 0 Å². The van der Waals surface area contributed by atoms with E-state index >= 15 is 0 Å². The number of nitrogens with one attached hydrogen (secondary N) is 1. The third-order valence-corrected chi connectivity index (χ3v) is 2.92. The molecule has 0 spiro atoms. The second kappa shape index (κ2) is 6.03. The monoisotopic (exact) mass is 281 g/mol. The van der Waals surface area contributed by atoms with Crippen molar-refractivity contribution in [2.75, 3.05) is 5.32 Å². The Kier molecular flexibility index (Phi) is 4.39. The van der Waals surface area contributed by atoms with E-state index in [1.807, 2.05) is 37.3 Å². The van der Waals surface area contributed by atoms with E-state index in [2.05, 4.69) is 15.3 Å². The molecular formula is C13H13Cl2N3. The zero-order chi connectivity index (χ0) is 13.0. The van der Waals surface area contributed by atoms with Crippen LogP contribution in [0.15, 0.2) is 30.3 Å². The van der Waals surface area contributed by atoms with Gasteiger partial charge in [0, 0.05) is 23.3 Å². The van der Waals surface area contributed by atoms with Crippen molar-refractivity contribution >= 4 is 29.0 Å². The Hall–Kier alpha value is -1.32. The van der Waals surface area contributed by atoms with Crippen LogP contribution in [0.5, 0.6) is 0 Å². The molecule has 2 aromatic rings. The lowest BCUT2D eigenvalue weighted by atomic mass is 10.2. The average Bonchev–Trinajstić information content (AvgIpc) is 2.37. The summed E-state index contributed by atoms with van der Waals surface area (Å²) < 4.78 is 0. The van der Waals surface area contributed by atoms with Gasteiger partial charge in [-0.3, -0.25) is 0 Å². The molecule has 1 N–H and O–H groups in total. The van der Waals surface area contributed by atoms with E-state index in [0.29, 0.717) is 6.54 Å². The molecule has 1 heterocycles. The standard InChI is InChI=1S/C13H13Cl2N3/c1-2-11-7-12(18-13(15)17-11)16-8-9-3-5-10(14)6-4-9/h3-7H,2,8H2,1H3,(H,16,17,18). The lowest BCUT2D eigenvalue weighted by molar-refractivity contribution is 0.987. The summed E-state index contributed by atoms with van der Waals surface area (Å²) in [5.74, 6) is 0.738. The van der Waals surface area contributed by atoms with Crippen LogP contribution in [0.1, 0.15) is 18.2 Å². The summed E-state index contributed by atoms with van der Waals surface area (Å²) in [4.78, 5) is 8.25. The van der Waals surface area contributed by atoms with Crippen LogP contribution in [0.3, 0.4) is 0 Å². The molecular weight excluding hydrogens is 269 g/mol. The quantitative estimate of drug-likeness (QED) is 0.862. The minimum Gasteiger partial charge on any atom is -0.366 e. The Balaban J connectivity index is 2.05. The fraction of sp³-hybridized carbons (Fsp3) is 0.231. The van der Waals surface area contributed by atoms with Gasteiger partial charge in [0.15, 0.2) is 0 Å². The first-order valence-corrected chi connectivity index (χ1v) is 6.44. The highest BCUT2D eigenvalue weighted by atomic mass is 35.5. The summed E-state index contributed by atoms with van der Waals surface area (Å²) in [6, 6.07) is 9.57. The van der Waals surface area contributed by atoms with Crippen molar-refractivity contribution in [3.63, 3.8) is 0 Å². The Morgan fingerprint density at radius 3 is 2.50 bits per heavy atom. The fourth-order valence-corrected chi connectivity index (χ4v) is 1.86. The highest BCUT2D eigenvalue weighted by molar-refractivity contribution is 6.30. The van der Waals surface area contributed by atoms with Crippen molar-refractivity contribution in [2.24, 2.45) is 0 Å². The molecule has 18 heavy (non-hydrogen) atoms. The third kappa shape index (κ3) is 3.59. The Bertz CT molecular complexity index is 526. The second-order valence-electron chi connectivity index (χ2n) is 3.85. The Morgan fingerprint density at radius 1 is 1.11 bits per heavy atom. The molecule has 1 aromatic heterocycles. The SMILES string of the molecule is CCc1cc(NCc2ccc(Cl)cc2)nc(Cl)n1. The first-order valence-electron chi connectivity index (χ1n) is 5.69. The van der Waals surface area contributed by atoms with Crippen LogP contribution in [0.4, 0.5) is 5.82 Å². The minimum absolute atomic E-state index is 0.271. The molecule has 0 aliphatic heterocycles. The first-order chi connectivity index (χ1) is 8.67. The molecule has 0 amide bonds. The molecule has 2 rings (SSSR count). The normalized spacial score (nSPS) is 10.4. The molecule has 0 fully saturated rings. The molecule has 0 atom stereocenters. The number of rotatable bonds is 4. The van der Waals surface area contributed by atoms with Gasteiger partial charge in [-0.2, -0.15) is 0 Å². The molecule has 5 heteroatoms. The molecule has 1 aromatic carbocycles. The van der Waals surface area contributed by atoms with Crippen LogP contribution >= 0.6 is 23.2 Å². The maximum atomic E-state index is 5.85. The zero-order valence-corrected chi connectivity index (χ0v) is 11.5. The highest BCUT2D eigenvalue weighted by Gasteiger charge is 2.01. The topological polar surface area (TPSA) is 37.8 Å². The van der Waals surface area contributed by atoms with E-state index in [1.54, 1.807) is 0 Å². The van der Waals surface area contributed by atoms with Crippen molar-refractivity contribution in [3.8, 4) is 0 Å². The number of benzene rings is 1. The van der Waals surface area contributed by atoms with Crippen molar-refractivity contribution in [3.05, 3.63) is 51.9 Å².